The highest BCUT2D eigenvalue weighted by atomic mass is 19.1. The molecule has 23 heavy (non-hydrogen) atoms. The first-order valence-electron chi connectivity index (χ1n) is 8.22. The molecule has 0 amide bonds. The average Bonchev–Trinajstić information content (AvgIpc) is 3.14. The van der Waals surface area contributed by atoms with Gasteiger partial charge in [0.1, 0.15) is 18.0 Å². The van der Waals surface area contributed by atoms with Crippen LogP contribution >= 0.6 is 0 Å². The monoisotopic (exact) mass is 316 g/mol. The second-order valence-electron chi connectivity index (χ2n) is 6.40. The number of nitrogens with zero attached hydrogens (tertiary/aromatic N) is 4. The van der Waals surface area contributed by atoms with E-state index in [4.69, 9.17) is 4.74 Å². The van der Waals surface area contributed by atoms with Gasteiger partial charge >= 0.3 is 0 Å². The minimum atomic E-state index is -0.210. The minimum Gasteiger partial charge on any atom is -0.371 e. The third kappa shape index (κ3) is 2.77. The summed E-state index contributed by atoms with van der Waals surface area (Å²) >= 11 is 0. The van der Waals surface area contributed by atoms with E-state index in [1.165, 1.54) is 6.07 Å². The van der Waals surface area contributed by atoms with E-state index in [1.807, 2.05) is 6.07 Å². The first kappa shape index (κ1) is 14.8. The molecule has 1 fully saturated rings. The number of hydrogen-bond donors (Lipinski definition) is 0. The predicted octanol–water partition coefficient (Wildman–Crippen LogP) is 2.37. The van der Waals surface area contributed by atoms with Gasteiger partial charge in [-0.05, 0) is 31.0 Å². The number of rotatable bonds is 3. The summed E-state index contributed by atoms with van der Waals surface area (Å²) in [4.78, 5) is 6.73. The van der Waals surface area contributed by atoms with Gasteiger partial charge in [-0.3, -0.25) is 4.90 Å². The summed E-state index contributed by atoms with van der Waals surface area (Å²) in [5, 5.41) is 4.36. The molecule has 1 aromatic carbocycles. The summed E-state index contributed by atoms with van der Waals surface area (Å²) < 4.78 is 21.5. The van der Waals surface area contributed by atoms with E-state index in [9.17, 15) is 4.39 Å². The molecular formula is C17H21FN4O. The smallest absolute Gasteiger partial charge is 0.138 e. The molecule has 3 heterocycles. The Morgan fingerprint density at radius 3 is 3.17 bits per heavy atom. The van der Waals surface area contributed by atoms with Crippen LogP contribution in [0.4, 0.5) is 4.39 Å². The van der Waals surface area contributed by atoms with Crippen molar-refractivity contribution in [1.29, 1.82) is 0 Å². The third-order valence-electron chi connectivity index (χ3n) is 5.01. The van der Waals surface area contributed by atoms with Crippen LogP contribution in [0.15, 0.2) is 30.6 Å². The Hall–Kier alpha value is -1.79. The molecule has 0 radical (unpaired) electrons. The lowest BCUT2D eigenvalue weighted by Crippen LogP contribution is -2.47. The van der Waals surface area contributed by atoms with Gasteiger partial charge in [-0.1, -0.05) is 12.1 Å². The topological polar surface area (TPSA) is 43.2 Å². The van der Waals surface area contributed by atoms with Crippen LogP contribution in [0.2, 0.25) is 0 Å². The molecular weight excluding hydrogens is 295 g/mol. The predicted molar refractivity (Wildman–Crippen MR) is 83.5 cm³/mol. The van der Waals surface area contributed by atoms with Gasteiger partial charge in [-0.15, -0.1) is 0 Å². The van der Waals surface area contributed by atoms with Crippen molar-refractivity contribution in [1.82, 2.24) is 19.7 Å². The first-order chi connectivity index (χ1) is 11.2. The Kier molecular flexibility index (Phi) is 3.87. The Morgan fingerprint density at radius 1 is 1.39 bits per heavy atom. The summed E-state index contributed by atoms with van der Waals surface area (Å²) in [6, 6.07) is 7.33. The van der Waals surface area contributed by atoms with Gasteiger partial charge in [-0.25, -0.2) is 14.1 Å². The number of benzene rings is 1. The van der Waals surface area contributed by atoms with E-state index in [-0.39, 0.29) is 18.0 Å². The van der Waals surface area contributed by atoms with Crippen molar-refractivity contribution >= 4 is 0 Å². The summed E-state index contributed by atoms with van der Waals surface area (Å²) in [5.74, 6) is 0.871. The minimum absolute atomic E-state index is 0.0870. The Morgan fingerprint density at radius 2 is 2.30 bits per heavy atom. The van der Waals surface area contributed by atoms with E-state index in [0.29, 0.717) is 12.6 Å². The van der Waals surface area contributed by atoms with Crippen molar-refractivity contribution in [2.75, 3.05) is 19.7 Å². The summed E-state index contributed by atoms with van der Waals surface area (Å²) in [6.07, 6.45) is 3.64. The van der Waals surface area contributed by atoms with E-state index in [2.05, 4.69) is 26.6 Å². The zero-order valence-corrected chi connectivity index (χ0v) is 13.2. The van der Waals surface area contributed by atoms with Crippen LogP contribution < -0.4 is 0 Å². The van der Waals surface area contributed by atoms with Crippen molar-refractivity contribution in [3.63, 3.8) is 0 Å². The lowest BCUT2D eigenvalue weighted by molar-refractivity contribution is -0.0709. The lowest BCUT2D eigenvalue weighted by Gasteiger charge is -2.40. The van der Waals surface area contributed by atoms with E-state index >= 15 is 0 Å². The van der Waals surface area contributed by atoms with Gasteiger partial charge in [0, 0.05) is 25.6 Å². The van der Waals surface area contributed by atoms with E-state index in [0.717, 1.165) is 37.3 Å². The maximum absolute atomic E-state index is 13.5. The molecule has 4 rings (SSSR count). The summed E-state index contributed by atoms with van der Waals surface area (Å²) in [7, 11) is 0. The number of hydrogen-bond acceptors (Lipinski definition) is 4. The number of halogens is 1. The van der Waals surface area contributed by atoms with Crippen molar-refractivity contribution in [2.45, 2.75) is 38.0 Å². The number of aromatic nitrogens is 3. The van der Waals surface area contributed by atoms with Crippen LogP contribution in [-0.2, 0) is 11.2 Å². The molecule has 2 aliphatic rings. The highest BCUT2D eigenvalue weighted by Crippen LogP contribution is 2.31. The zero-order chi connectivity index (χ0) is 15.8. The van der Waals surface area contributed by atoms with Gasteiger partial charge < -0.3 is 4.74 Å². The van der Waals surface area contributed by atoms with Gasteiger partial charge in [0.05, 0.1) is 18.8 Å². The van der Waals surface area contributed by atoms with Crippen molar-refractivity contribution in [3.05, 3.63) is 47.8 Å². The molecule has 122 valence electrons. The fraction of sp³-hybridized carbons (Fsp3) is 0.529. The fourth-order valence-electron chi connectivity index (χ4n) is 3.76. The van der Waals surface area contributed by atoms with E-state index < -0.39 is 0 Å². The molecule has 0 bridgehead atoms. The van der Waals surface area contributed by atoms with Crippen LogP contribution in [-0.4, -0.2) is 45.4 Å². The largest absolute Gasteiger partial charge is 0.371 e. The number of aryl methyl sites for hydroxylation is 1. The molecule has 2 aromatic rings. The van der Waals surface area contributed by atoms with Crippen molar-refractivity contribution in [3.8, 4) is 0 Å². The molecule has 0 N–H and O–H groups in total. The average molecular weight is 316 g/mol. The van der Waals surface area contributed by atoms with Crippen LogP contribution in [0, 0.1) is 5.82 Å². The molecule has 1 unspecified atom stereocenters. The molecule has 1 saturated heterocycles. The maximum Gasteiger partial charge on any atom is 0.138 e. The lowest BCUT2D eigenvalue weighted by atomic mass is 9.99. The highest BCUT2D eigenvalue weighted by Gasteiger charge is 2.33. The summed E-state index contributed by atoms with van der Waals surface area (Å²) in [5.41, 5.74) is 0.912. The first-order valence-corrected chi connectivity index (χ1v) is 8.22. The van der Waals surface area contributed by atoms with Crippen LogP contribution in [0.1, 0.15) is 36.9 Å². The van der Waals surface area contributed by atoms with Crippen LogP contribution in [0.25, 0.3) is 0 Å². The number of fused-ring (bicyclic) bond motifs is 1. The summed E-state index contributed by atoms with van der Waals surface area (Å²) in [6.45, 7) is 4.66. The number of morpholine rings is 1. The molecule has 0 spiro atoms. The van der Waals surface area contributed by atoms with Gasteiger partial charge in [-0.2, -0.15) is 5.10 Å². The third-order valence-corrected chi connectivity index (χ3v) is 5.01. The molecule has 0 saturated carbocycles. The quantitative estimate of drug-likeness (QED) is 0.872. The molecule has 6 heteroatoms. The molecule has 3 atom stereocenters. The second-order valence-corrected chi connectivity index (χ2v) is 6.40. The Bertz CT molecular complexity index is 689. The standard InChI is InChI=1S/C17H21FN4O/c1-12-17(13-3-2-4-14(18)9-13)23-8-7-21(12)10-15-5-6-16-19-11-20-22(15)16/h2-4,9,11-12,15,17H,5-8,10H2,1H3/t12-,15?,17+/m1/s1. The van der Waals surface area contributed by atoms with Crippen LogP contribution in [0.5, 0.6) is 0 Å². The fourth-order valence-corrected chi connectivity index (χ4v) is 3.76. The van der Waals surface area contributed by atoms with E-state index in [1.54, 1.807) is 18.5 Å². The molecule has 1 aromatic heterocycles. The Balaban J connectivity index is 1.50. The second kappa shape index (κ2) is 6.02. The van der Waals surface area contributed by atoms with Crippen LogP contribution in [0.3, 0.4) is 0 Å². The molecule has 2 aliphatic heterocycles. The normalized spacial score (nSPS) is 28.0. The maximum atomic E-state index is 13.5. The van der Waals surface area contributed by atoms with Gasteiger partial charge in [0.25, 0.3) is 0 Å². The molecule has 0 aliphatic carbocycles. The number of ether oxygens (including phenoxy) is 1. The SMILES string of the molecule is C[C@@H]1[C@@H](c2cccc(F)c2)OCCN1CC1CCc2ncnn21. The van der Waals surface area contributed by atoms with Crippen molar-refractivity contribution < 1.29 is 9.13 Å². The molecule has 5 nitrogen and oxygen atoms in total. The van der Waals surface area contributed by atoms with Crippen molar-refractivity contribution in [2.24, 2.45) is 0 Å². The van der Waals surface area contributed by atoms with Gasteiger partial charge in [0.2, 0.25) is 0 Å². The Labute approximate surface area is 135 Å². The zero-order valence-electron chi connectivity index (χ0n) is 13.2. The van der Waals surface area contributed by atoms with Gasteiger partial charge in [0.15, 0.2) is 0 Å². The highest BCUT2D eigenvalue weighted by molar-refractivity contribution is 5.21.